The summed E-state index contributed by atoms with van der Waals surface area (Å²) in [6.07, 6.45) is 0. The molecule has 4 aromatic rings. The fourth-order valence-corrected chi connectivity index (χ4v) is 4.30. The van der Waals surface area contributed by atoms with E-state index in [0.717, 1.165) is 0 Å². The normalized spacial score (nSPS) is 13.9. The molecule has 0 nitrogen and oxygen atoms in total. The number of fused-ring (bicyclic) bond motifs is 4. The maximum atomic E-state index is 2.37. The first-order chi connectivity index (χ1) is 12.2. The second-order valence-electron chi connectivity index (χ2n) is 7.04. The van der Waals surface area contributed by atoms with E-state index in [9.17, 15) is 0 Å². The van der Waals surface area contributed by atoms with Crippen LogP contribution < -0.4 is 0 Å². The summed E-state index contributed by atoms with van der Waals surface area (Å²) < 4.78 is 0. The van der Waals surface area contributed by atoms with Gasteiger partial charge in [0.2, 0.25) is 0 Å². The summed E-state index contributed by atoms with van der Waals surface area (Å²) in [4.78, 5) is 0. The lowest BCUT2D eigenvalue weighted by Crippen LogP contribution is -2.23. The molecule has 0 N–H and O–H groups in total. The van der Waals surface area contributed by atoms with Gasteiger partial charge in [-0.1, -0.05) is 94.4 Å². The molecule has 0 amide bonds. The van der Waals surface area contributed by atoms with Crippen molar-refractivity contribution in [3.8, 4) is 11.1 Å². The number of rotatable bonds is 0. The SMILES string of the molecule is CC.CC1(C)c2ccccc2-c2cc3ccccc3c3cccc1c23. The van der Waals surface area contributed by atoms with Crippen molar-refractivity contribution < 1.29 is 0 Å². The van der Waals surface area contributed by atoms with E-state index in [1.54, 1.807) is 0 Å². The van der Waals surface area contributed by atoms with Crippen molar-refractivity contribution in [3.05, 3.63) is 83.9 Å². The number of hydrogen-bond acceptors (Lipinski definition) is 0. The van der Waals surface area contributed by atoms with Gasteiger partial charge in [-0.25, -0.2) is 0 Å². The van der Waals surface area contributed by atoms with E-state index in [1.807, 2.05) is 13.8 Å². The van der Waals surface area contributed by atoms with Gasteiger partial charge in [0.15, 0.2) is 0 Å². The van der Waals surface area contributed by atoms with Gasteiger partial charge in [-0.2, -0.15) is 0 Å². The largest absolute Gasteiger partial charge is 0.0683 e. The maximum Gasteiger partial charge on any atom is 0.0159 e. The van der Waals surface area contributed by atoms with Gasteiger partial charge in [0.25, 0.3) is 0 Å². The predicted molar refractivity (Wildman–Crippen MR) is 110 cm³/mol. The Morgan fingerprint density at radius 3 is 2.08 bits per heavy atom. The highest BCUT2D eigenvalue weighted by atomic mass is 14.4. The Morgan fingerprint density at radius 1 is 0.600 bits per heavy atom. The molecular weight excluding hydrogens is 300 g/mol. The first-order valence-corrected chi connectivity index (χ1v) is 9.23. The summed E-state index contributed by atoms with van der Waals surface area (Å²) in [7, 11) is 0. The molecule has 1 aliphatic rings. The van der Waals surface area contributed by atoms with E-state index in [4.69, 9.17) is 0 Å². The van der Waals surface area contributed by atoms with E-state index in [1.165, 1.54) is 43.8 Å². The molecule has 0 atom stereocenters. The summed E-state index contributed by atoms with van der Waals surface area (Å²) >= 11 is 0. The quantitative estimate of drug-likeness (QED) is 0.297. The summed E-state index contributed by atoms with van der Waals surface area (Å²) in [5.74, 6) is 0. The molecule has 5 rings (SSSR count). The van der Waals surface area contributed by atoms with Crippen LogP contribution in [-0.4, -0.2) is 0 Å². The zero-order valence-electron chi connectivity index (χ0n) is 15.4. The standard InChI is InChI=1S/C23H18.C2H6/c1-23(2)20-12-6-5-10-17(20)19-14-15-8-3-4-9-16(15)18-11-7-13-21(23)22(18)19;1-2/h3-14H,1-2H3;1-2H3. The molecule has 0 radical (unpaired) electrons. The van der Waals surface area contributed by atoms with Crippen molar-refractivity contribution in [1.82, 2.24) is 0 Å². The lowest BCUT2D eigenvalue weighted by Gasteiger charge is -2.35. The molecule has 0 fully saturated rings. The van der Waals surface area contributed by atoms with Crippen molar-refractivity contribution in [2.75, 3.05) is 0 Å². The lowest BCUT2D eigenvalue weighted by molar-refractivity contribution is 0.645. The van der Waals surface area contributed by atoms with Gasteiger partial charge >= 0.3 is 0 Å². The van der Waals surface area contributed by atoms with Crippen LogP contribution in [0.5, 0.6) is 0 Å². The van der Waals surface area contributed by atoms with Crippen LogP contribution in [-0.2, 0) is 5.41 Å². The first kappa shape index (κ1) is 15.9. The van der Waals surface area contributed by atoms with Gasteiger partial charge in [0, 0.05) is 5.41 Å². The van der Waals surface area contributed by atoms with Crippen LogP contribution in [0, 0.1) is 0 Å². The van der Waals surface area contributed by atoms with Gasteiger partial charge < -0.3 is 0 Å². The monoisotopic (exact) mass is 324 g/mol. The summed E-state index contributed by atoms with van der Waals surface area (Å²) in [6, 6.07) is 26.8. The Hall–Kier alpha value is -2.60. The van der Waals surface area contributed by atoms with Crippen LogP contribution in [0.1, 0.15) is 38.8 Å². The number of benzene rings is 4. The number of hydrogen-bond donors (Lipinski definition) is 0. The minimum Gasteiger partial charge on any atom is -0.0683 e. The van der Waals surface area contributed by atoms with E-state index >= 15 is 0 Å². The fourth-order valence-electron chi connectivity index (χ4n) is 4.30. The van der Waals surface area contributed by atoms with Crippen molar-refractivity contribution in [1.29, 1.82) is 0 Å². The van der Waals surface area contributed by atoms with E-state index in [2.05, 4.69) is 86.6 Å². The predicted octanol–water partition coefficient (Wildman–Crippen LogP) is 7.33. The molecule has 0 spiro atoms. The highest BCUT2D eigenvalue weighted by Gasteiger charge is 2.33. The molecule has 4 aromatic carbocycles. The zero-order valence-corrected chi connectivity index (χ0v) is 15.4. The Morgan fingerprint density at radius 2 is 1.24 bits per heavy atom. The Kier molecular flexibility index (Phi) is 3.65. The van der Waals surface area contributed by atoms with Crippen LogP contribution in [0.3, 0.4) is 0 Å². The Labute approximate surface area is 150 Å². The minimum absolute atomic E-state index is 0.0333. The molecule has 0 saturated carbocycles. The van der Waals surface area contributed by atoms with Gasteiger partial charge in [-0.05, 0) is 49.9 Å². The summed E-state index contributed by atoms with van der Waals surface area (Å²) in [5, 5.41) is 5.47. The lowest BCUT2D eigenvalue weighted by atomic mass is 9.68. The molecule has 0 unspecified atom stereocenters. The second-order valence-corrected chi connectivity index (χ2v) is 7.04. The highest BCUT2D eigenvalue weighted by molar-refractivity contribution is 6.16. The second kappa shape index (κ2) is 5.74. The third kappa shape index (κ3) is 2.14. The smallest absolute Gasteiger partial charge is 0.0159 e. The average Bonchev–Trinajstić information content (AvgIpc) is 2.67. The van der Waals surface area contributed by atoms with E-state index < -0.39 is 0 Å². The molecule has 25 heavy (non-hydrogen) atoms. The molecule has 1 aliphatic carbocycles. The molecular formula is C25H24. The molecule has 0 heteroatoms. The molecule has 0 bridgehead atoms. The highest BCUT2D eigenvalue weighted by Crippen LogP contribution is 2.49. The van der Waals surface area contributed by atoms with Crippen LogP contribution in [0.2, 0.25) is 0 Å². The van der Waals surface area contributed by atoms with Crippen LogP contribution >= 0.6 is 0 Å². The van der Waals surface area contributed by atoms with Crippen molar-refractivity contribution >= 4 is 21.5 Å². The van der Waals surface area contributed by atoms with Gasteiger partial charge in [-0.15, -0.1) is 0 Å². The minimum atomic E-state index is 0.0333. The average molecular weight is 324 g/mol. The third-order valence-electron chi connectivity index (χ3n) is 5.45. The van der Waals surface area contributed by atoms with Crippen molar-refractivity contribution in [2.45, 2.75) is 33.1 Å². The van der Waals surface area contributed by atoms with E-state index in [0.29, 0.717) is 0 Å². The zero-order chi connectivity index (χ0) is 17.6. The maximum absolute atomic E-state index is 2.37. The first-order valence-electron chi connectivity index (χ1n) is 9.23. The molecule has 0 saturated heterocycles. The van der Waals surface area contributed by atoms with Crippen molar-refractivity contribution in [2.24, 2.45) is 0 Å². The van der Waals surface area contributed by atoms with Gasteiger partial charge in [0.05, 0.1) is 0 Å². The van der Waals surface area contributed by atoms with Gasteiger partial charge in [0.1, 0.15) is 0 Å². The van der Waals surface area contributed by atoms with Crippen LogP contribution in [0.25, 0.3) is 32.7 Å². The van der Waals surface area contributed by atoms with Crippen molar-refractivity contribution in [3.63, 3.8) is 0 Å². The molecule has 0 aliphatic heterocycles. The summed E-state index contributed by atoms with van der Waals surface area (Å²) in [5.41, 5.74) is 5.66. The fraction of sp³-hybridized carbons (Fsp3) is 0.200. The van der Waals surface area contributed by atoms with Crippen LogP contribution in [0.4, 0.5) is 0 Å². The molecule has 124 valence electrons. The summed E-state index contributed by atoms with van der Waals surface area (Å²) in [6.45, 7) is 8.69. The Bertz CT molecular complexity index is 1080. The molecule has 0 heterocycles. The Balaban J connectivity index is 0.000000758. The third-order valence-corrected chi connectivity index (χ3v) is 5.45. The molecule has 0 aromatic heterocycles. The van der Waals surface area contributed by atoms with Gasteiger partial charge in [-0.3, -0.25) is 0 Å². The van der Waals surface area contributed by atoms with E-state index in [-0.39, 0.29) is 5.41 Å². The van der Waals surface area contributed by atoms with Crippen LogP contribution in [0.15, 0.2) is 72.8 Å². The topological polar surface area (TPSA) is 0 Å².